The summed E-state index contributed by atoms with van der Waals surface area (Å²) >= 11 is 0. The van der Waals surface area contributed by atoms with Gasteiger partial charge in [-0.3, -0.25) is 19.8 Å². The summed E-state index contributed by atoms with van der Waals surface area (Å²) in [5.41, 5.74) is 1.89. The van der Waals surface area contributed by atoms with Crippen LogP contribution in [0.15, 0.2) is 53.7 Å². The predicted octanol–water partition coefficient (Wildman–Crippen LogP) is 0.846. The average Bonchev–Trinajstić information content (AvgIpc) is 2.81. The highest BCUT2D eigenvalue weighted by Crippen LogP contribution is 2.16. The maximum atomic E-state index is 12.6. The first-order chi connectivity index (χ1) is 15.4. The number of rotatable bonds is 11. The predicted molar refractivity (Wildman–Crippen MR) is 115 cm³/mol. The molecule has 1 heterocycles. The van der Waals surface area contributed by atoms with Gasteiger partial charge < -0.3 is 10.1 Å². The minimum Gasteiger partial charge on any atom is -0.481 e. The van der Waals surface area contributed by atoms with Gasteiger partial charge in [-0.2, -0.15) is 4.72 Å². The van der Waals surface area contributed by atoms with Crippen molar-refractivity contribution in [3.05, 3.63) is 54.4 Å². The Morgan fingerprint density at radius 3 is 2.47 bits per heavy atom. The van der Waals surface area contributed by atoms with Gasteiger partial charge in [0.15, 0.2) is 0 Å². The van der Waals surface area contributed by atoms with Crippen LogP contribution in [0.2, 0.25) is 0 Å². The molecule has 11 heteroatoms. The zero-order chi connectivity index (χ0) is 23.4. The number of hydrogen-bond donors (Lipinski definition) is 4. The molecule has 32 heavy (non-hydrogen) atoms. The number of nitrogens with one attached hydrogen (secondary N) is 3. The minimum absolute atomic E-state index is 0.0408. The molecule has 1 atom stereocenters. The third-order valence-corrected chi connectivity index (χ3v) is 5.73. The van der Waals surface area contributed by atoms with Crippen molar-refractivity contribution in [3.63, 3.8) is 0 Å². The van der Waals surface area contributed by atoms with E-state index in [1.165, 1.54) is 42.1 Å². The standard InChI is InChI=1S/C21H24N4O6S/c1-2-3-15-31-17-6-8-18(9-7-17)32(29,30)25-19(21(27)24-28)5-4-12-23-20(26)16-10-13-22-14-11-16/h6-11,13-14,19,25,28H,4-5,12,15H2,1H3,(H,23,26)(H,24,27)/t19-/m1/s1. The van der Waals surface area contributed by atoms with Gasteiger partial charge in [0.2, 0.25) is 10.0 Å². The number of benzene rings is 1. The Bertz CT molecular complexity index is 1060. The van der Waals surface area contributed by atoms with Crippen molar-refractivity contribution in [2.75, 3.05) is 13.2 Å². The molecular formula is C21H24N4O6S. The van der Waals surface area contributed by atoms with E-state index in [0.717, 1.165) is 0 Å². The number of nitrogens with zero attached hydrogens (tertiary/aromatic N) is 1. The number of carbonyl (C=O) groups is 2. The summed E-state index contributed by atoms with van der Waals surface area (Å²) in [4.78, 5) is 27.7. The second-order valence-electron chi connectivity index (χ2n) is 6.47. The largest absolute Gasteiger partial charge is 0.481 e. The van der Waals surface area contributed by atoms with Gasteiger partial charge in [-0.1, -0.05) is 5.92 Å². The van der Waals surface area contributed by atoms with Crippen LogP contribution in [0.4, 0.5) is 0 Å². The molecule has 0 bridgehead atoms. The van der Waals surface area contributed by atoms with Gasteiger partial charge in [-0.05, 0) is 56.2 Å². The SMILES string of the molecule is CC#CCOc1ccc(S(=O)(=O)N[C@H](CCCNC(=O)c2ccncc2)C(=O)NO)cc1. The molecular weight excluding hydrogens is 436 g/mol. The quantitative estimate of drug-likeness (QED) is 0.168. The van der Waals surface area contributed by atoms with Crippen LogP contribution in [-0.2, 0) is 14.8 Å². The number of aromatic nitrogens is 1. The monoisotopic (exact) mass is 460 g/mol. The molecule has 0 aliphatic carbocycles. The molecule has 0 radical (unpaired) electrons. The van der Waals surface area contributed by atoms with Crippen molar-refractivity contribution in [3.8, 4) is 17.6 Å². The Balaban J connectivity index is 1.94. The molecule has 0 saturated carbocycles. The second kappa shape index (κ2) is 12.4. The molecule has 1 aromatic carbocycles. The summed E-state index contributed by atoms with van der Waals surface area (Å²) in [6.07, 6.45) is 3.30. The highest BCUT2D eigenvalue weighted by Gasteiger charge is 2.25. The van der Waals surface area contributed by atoms with Gasteiger partial charge in [-0.15, -0.1) is 5.92 Å². The van der Waals surface area contributed by atoms with E-state index in [1.807, 2.05) is 0 Å². The van der Waals surface area contributed by atoms with Gasteiger partial charge in [0.1, 0.15) is 18.4 Å². The Hall–Kier alpha value is -3.46. The number of amides is 2. The van der Waals surface area contributed by atoms with Crippen LogP contribution < -0.4 is 20.3 Å². The molecule has 0 aliphatic heterocycles. The summed E-state index contributed by atoms with van der Waals surface area (Å²) in [6, 6.07) is 7.49. The Kier molecular flexibility index (Phi) is 9.62. The van der Waals surface area contributed by atoms with E-state index in [9.17, 15) is 18.0 Å². The van der Waals surface area contributed by atoms with Crippen LogP contribution in [-0.4, -0.2) is 49.6 Å². The average molecular weight is 461 g/mol. The smallest absolute Gasteiger partial charge is 0.261 e. The zero-order valence-corrected chi connectivity index (χ0v) is 18.2. The van der Waals surface area contributed by atoms with E-state index in [0.29, 0.717) is 11.3 Å². The van der Waals surface area contributed by atoms with Crippen molar-refractivity contribution in [2.24, 2.45) is 0 Å². The van der Waals surface area contributed by atoms with Crippen molar-refractivity contribution in [1.82, 2.24) is 20.5 Å². The lowest BCUT2D eigenvalue weighted by atomic mass is 10.1. The number of ether oxygens (including phenoxy) is 1. The summed E-state index contributed by atoms with van der Waals surface area (Å²) in [5.74, 6) is 4.63. The fourth-order valence-electron chi connectivity index (χ4n) is 2.60. The van der Waals surface area contributed by atoms with Crippen LogP contribution >= 0.6 is 0 Å². The van der Waals surface area contributed by atoms with E-state index in [1.54, 1.807) is 19.1 Å². The number of pyridine rings is 1. The fourth-order valence-corrected chi connectivity index (χ4v) is 3.83. The molecule has 2 rings (SSSR count). The number of carbonyl (C=O) groups excluding carboxylic acids is 2. The topological polar surface area (TPSA) is 147 Å². The van der Waals surface area contributed by atoms with E-state index in [2.05, 4.69) is 26.9 Å². The highest BCUT2D eigenvalue weighted by molar-refractivity contribution is 7.89. The minimum atomic E-state index is -4.05. The molecule has 2 amide bonds. The normalized spacial score (nSPS) is 11.6. The van der Waals surface area contributed by atoms with Gasteiger partial charge >= 0.3 is 0 Å². The van der Waals surface area contributed by atoms with E-state index in [4.69, 9.17) is 9.94 Å². The molecule has 0 fully saturated rings. The molecule has 170 valence electrons. The molecule has 1 aromatic heterocycles. The number of hydroxylamine groups is 1. The van der Waals surface area contributed by atoms with Crippen LogP contribution in [0, 0.1) is 11.8 Å². The Morgan fingerprint density at radius 2 is 1.84 bits per heavy atom. The molecule has 0 spiro atoms. The lowest BCUT2D eigenvalue weighted by molar-refractivity contribution is -0.131. The highest BCUT2D eigenvalue weighted by atomic mass is 32.2. The van der Waals surface area contributed by atoms with Crippen molar-refractivity contribution in [1.29, 1.82) is 0 Å². The fraction of sp³-hybridized carbons (Fsp3) is 0.286. The number of hydrogen-bond acceptors (Lipinski definition) is 7. The lowest BCUT2D eigenvalue weighted by Gasteiger charge is -2.17. The summed E-state index contributed by atoms with van der Waals surface area (Å²) < 4.78 is 32.9. The second-order valence-corrected chi connectivity index (χ2v) is 8.18. The first kappa shape index (κ1) is 24.8. The van der Waals surface area contributed by atoms with E-state index < -0.39 is 22.0 Å². The van der Waals surface area contributed by atoms with Crippen LogP contribution in [0.25, 0.3) is 0 Å². The Morgan fingerprint density at radius 1 is 1.16 bits per heavy atom. The molecule has 0 aliphatic rings. The molecule has 0 unspecified atom stereocenters. The molecule has 2 aromatic rings. The third-order valence-electron chi connectivity index (χ3n) is 4.24. The van der Waals surface area contributed by atoms with E-state index in [-0.39, 0.29) is 36.8 Å². The molecule has 4 N–H and O–H groups in total. The van der Waals surface area contributed by atoms with Crippen molar-refractivity contribution < 1.29 is 28.0 Å². The Labute approximate surface area is 186 Å². The third kappa shape index (κ3) is 7.66. The first-order valence-electron chi connectivity index (χ1n) is 9.64. The summed E-state index contributed by atoms with van der Waals surface area (Å²) in [6.45, 7) is 2.06. The van der Waals surface area contributed by atoms with Crippen LogP contribution in [0.5, 0.6) is 5.75 Å². The van der Waals surface area contributed by atoms with Crippen LogP contribution in [0.1, 0.15) is 30.1 Å². The van der Waals surface area contributed by atoms with Gasteiger partial charge in [0.05, 0.1) is 4.90 Å². The first-order valence-corrected chi connectivity index (χ1v) is 11.1. The lowest BCUT2D eigenvalue weighted by Crippen LogP contribution is -2.46. The van der Waals surface area contributed by atoms with Crippen molar-refractivity contribution in [2.45, 2.75) is 30.7 Å². The maximum Gasteiger partial charge on any atom is 0.261 e. The molecule has 10 nitrogen and oxygen atoms in total. The zero-order valence-electron chi connectivity index (χ0n) is 17.4. The van der Waals surface area contributed by atoms with Gasteiger partial charge in [0.25, 0.3) is 11.8 Å². The number of sulfonamides is 1. The van der Waals surface area contributed by atoms with Crippen LogP contribution in [0.3, 0.4) is 0 Å². The molecule has 0 saturated heterocycles. The van der Waals surface area contributed by atoms with E-state index >= 15 is 0 Å². The van der Waals surface area contributed by atoms with Gasteiger partial charge in [0, 0.05) is 24.5 Å². The van der Waals surface area contributed by atoms with Crippen molar-refractivity contribution >= 4 is 21.8 Å². The summed E-state index contributed by atoms with van der Waals surface area (Å²) in [7, 11) is -4.05. The maximum absolute atomic E-state index is 12.6. The summed E-state index contributed by atoms with van der Waals surface area (Å²) in [5, 5.41) is 11.6. The van der Waals surface area contributed by atoms with Gasteiger partial charge in [-0.25, -0.2) is 13.9 Å².